The summed E-state index contributed by atoms with van der Waals surface area (Å²) >= 11 is 7.56. The van der Waals surface area contributed by atoms with E-state index < -0.39 is 0 Å². The van der Waals surface area contributed by atoms with Crippen LogP contribution < -0.4 is 10.6 Å². The molecule has 6 nitrogen and oxygen atoms in total. The summed E-state index contributed by atoms with van der Waals surface area (Å²) in [5.74, 6) is -0.942. The molecule has 0 fully saturated rings. The number of nitrogens with zero attached hydrogens (tertiary/aromatic N) is 1. The molecule has 1 heterocycles. The van der Waals surface area contributed by atoms with Gasteiger partial charge in [-0.1, -0.05) is 48.0 Å². The van der Waals surface area contributed by atoms with E-state index in [1.807, 2.05) is 6.92 Å². The van der Waals surface area contributed by atoms with Gasteiger partial charge in [-0.25, -0.2) is 4.98 Å². The van der Waals surface area contributed by atoms with Gasteiger partial charge in [0.05, 0.1) is 0 Å². The molecule has 150 valence electrons. The summed E-state index contributed by atoms with van der Waals surface area (Å²) in [4.78, 5) is 42.6. The highest BCUT2D eigenvalue weighted by Gasteiger charge is 2.30. The van der Waals surface area contributed by atoms with E-state index in [0.29, 0.717) is 21.8 Å². The Morgan fingerprint density at radius 1 is 1.03 bits per heavy atom. The zero-order chi connectivity index (χ0) is 21.3. The minimum atomic E-state index is -0.376. The predicted molar refractivity (Wildman–Crippen MR) is 116 cm³/mol. The van der Waals surface area contributed by atoms with Crippen LogP contribution in [-0.4, -0.2) is 22.5 Å². The summed E-state index contributed by atoms with van der Waals surface area (Å²) in [7, 11) is 0. The monoisotopic (exact) mass is 437 g/mol. The zero-order valence-electron chi connectivity index (χ0n) is 15.9. The predicted octanol–water partition coefficient (Wildman–Crippen LogP) is 4.32. The Hall–Kier alpha value is -3.29. The summed E-state index contributed by atoms with van der Waals surface area (Å²) < 4.78 is 0. The molecule has 1 aromatic heterocycles. The van der Waals surface area contributed by atoms with E-state index in [1.54, 1.807) is 54.7 Å². The highest BCUT2D eigenvalue weighted by molar-refractivity contribution is 7.15. The highest BCUT2D eigenvalue weighted by Crippen LogP contribution is 2.27. The maximum Gasteiger partial charge on any atom is 0.257 e. The van der Waals surface area contributed by atoms with Crippen LogP contribution in [0.15, 0.2) is 65.5 Å². The normalized spacial score (nSPS) is 13.3. The van der Waals surface area contributed by atoms with E-state index in [2.05, 4.69) is 15.6 Å². The third-order valence-electron chi connectivity index (χ3n) is 4.59. The number of nitrogens with one attached hydrogen (secondary N) is 2. The maximum atomic E-state index is 12.7. The average molecular weight is 438 g/mol. The third-order valence-corrected chi connectivity index (χ3v) is 5.78. The van der Waals surface area contributed by atoms with Gasteiger partial charge >= 0.3 is 0 Å². The van der Waals surface area contributed by atoms with Crippen molar-refractivity contribution in [2.75, 3.05) is 5.32 Å². The van der Waals surface area contributed by atoms with E-state index in [1.165, 1.54) is 11.3 Å². The Balaban J connectivity index is 1.44. The van der Waals surface area contributed by atoms with E-state index in [0.717, 1.165) is 10.4 Å². The number of Topliss-reactive ketones (excluding diaryl/α,β-unsaturated/α-hetero) is 2. The fourth-order valence-electron chi connectivity index (χ4n) is 3.05. The van der Waals surface area contributed by atoms with Crippen molar-refractivity contribution in [1.29, 1.82) is 0 Å². The number of allylic oxidation sites excluding steroid dienone is 2. The standard InChI is InChI=1S/C22H16ClN3O3S/c1-12-10-25-22(30-12)26-21(29)14-8-6-13(7-9-14)11-24-18-17(23)19(27)15-4-2-3-5-16(15)20(18)28/h2-10,24H,11H2,1H3,(H,25,26,29). The van der Waals surface area contributed by atoms with Crippen LogP contribution in [0.3, 0.4) is 0 Å². The molecule has 2 aromatic carbocycles. The summed E-state index contributed by atoms with van der Waals surface area (Å²) in [6, 6.07) is 13.5. The van der Waals surface area contributed by atoms with Crippen molar-refractivity contribution in [3.8, 4) is 0 Å². The third kappa shape index (κ3) is 3.90. The molecule has 2 N–H and O–H groups in total. The van der Waals surface area contributed by atoms with Crippen LogP contribution in [0, 0.1) is 6.92 Å². The molecule has 4 rings (SSSR count). The molecule has 30 heavy (non-hydrogen) atoms. The van der Waals surface area contributed by atoms with Gasteiger partial charge in [0.25, 0.3) is 5.91 Å². The van der Waals surface area contributed by atoms with Crippen LogP contribution in [-0.2, 0) is 6.54 Å². The Labute approximate surface area is 181 Å². The molecule has 8 heteroatoms. The van der Waals surface area contributed by atoms with Gasteiger partial charge in [-0.2, -0.15) is 0 Å². The van der Waals surface area contributed by atoms with Crippen molar-refractivity contribution in [3.63, 3.8) is 0 Å². The first-order valence-corrected chi connectivity index (χ1v) is 10.3. The van der Waals surface area contributed by atoms with Gasteiger partial charge in [0.15, 0.2) is 5.13 Å². The number of aryl methyl sites for hydroxylation is 1. The highest BCUT2D eigenvalue weighted by atomic mass is 35.5. The lowest BCUT2D eigenvalue weighted by molar-refractivity contribution is 0.0974. The number of benzene rings is 2. The molecule has 0 bridgehead atoms. The molecule has 0 aliphatic heterocycles. The molecule has 0 radical (unpaired) electrons. The molecule has 1 aliphatic rings. The smallest absolute Gasteiger partial charge is 0.257 e. The minimum absolute atomic E-state index is 0.0846. The van der Waals surface area contributed by atoms with Crippen molar-refractivity contribution in [2.24, 2.45) is 0 Å². The maximum absolute atomic E-state index is 12.7. The minimum Gasteiger partial charge on any atom is -0.376 e. The Morgan fingerprint density at radius 3 is 2.33 bits per heavy atom. The van der Waals surface area contributed by atoms with Crippen LogP contribution in [0.25, 0.3) is 0 Å². The Bertz CT molecular complexity index is 1200. The van der Waals surface area contributed by atoms with E-state index in [-0.39, 0.29) is 34.7 Å². The first-order chi connectivity index (χ1) is 14.4. The number of ketones is 2. The topological polar surface area (TPSA) is 88.2 Å². The molecule has 0 spiro atoms. The van der Waals surface area contributed by atoms with E-state index >= 15 is 0 Å². The van der Waals surface area contributed by atoms with Crippen LogP contribution in [0.1, 0.15) is 41.5 Å². The Kier molecular flexibility index (Phi) is 5.48. The molecule has 0 saturated heterocycles. The molecule has 1 amide bonds. The summed E-state index contributed by atoms with van der Waals surface area (Å²) in [6.45, 7) is 2.19. The largest absolute Gasteiger partial charge is 0.376 e. The van der Waals surface area contributed by atoms with Gasteiger partial charge in [0, 0.05) is 34.3 Å². The number of aromatic nitrogens is 1. The number of thiazole rings is 1. The van der Waals surface area contributed by atoms with Gasteiger partial charge < -0.3 is 5.32 Å². The van der Waals surface area contributed by atoms with Crippen LogP contribution in [0.5, 0.6) is 0 Å². The number of carbonyl (C=O) groups excluding carboxylic acids is 3. The number of hydrogen-bond donors (Lipinski definition) is 2. The van der Waals surface area contributed by atoms with Crippen LogP contribution in [0.2, 0.25) is 0 Å². The number of amides is 1. The number of rotatable bonds is 5. The molecule has 3 aromatic rings. The van der Waals surface area contributed by atoms with Gasteiger partial charge in [-0.15, -0.1) is 11.3 Å². The summed E-state index contributed by atoms with van der Waals surface area (Å²) in [5, 5.41) is 6.15. The van der Waals surface area contributed by atoms with Gasteiger partial charge in [0.2, 0.25) is 11.6 Å². The SMILES string of the molecule is Cc1cnc(NC(=O)c2ccc(CNC3=C(Cl)C(=O)c4ccccc4C3=O)cc2)s1. The van der Waals surface area contributed by atoms with Gasteiger partial charge in [0.1, 0.15) is 10.7 Å². The Morgan fingerprint density at radius 2 is 1.70 bits per heavy atom. The lowest BCUT2D eigenvalue weighted by Gasteiger charge is -2.19. The average Bonchev–Trinajstić information content (AvgIpc) is 3.17. The fraction of sp³-hybridized carbons (Fsp3) is 0.0909. The fourth-order valence-corrected chi connectivity index (χ4v) is 3.96. The van der Waals surface area contributed by atoms with Crippen LogP contribution >= 0.6 is 22.9 Å². The quantitative estimate of drug-likeness (QED) is 0.620. The molecule has 0 atom stereocenters. The van der Waals surface area contributed by atoms with E-state index in [4.69, 9.17) is 11.6 Å². The number of anilines is 1. The summed E-state index contributed by atoms with van der Waals surface area (Å²) in [6.07, 6.45) is 1.70. The van der Waals surface area contributed by atoms with Crippen molar-refractivity contribution in [1.82, 2.24) is 10.3 Å². The lowest BCUT2D eigenvalue weighted by atomic mass is 9.92. The van der Waals surface area contributed by atoms with Gasteiger partial charge in [-0.3, -0.25) is 19.7 Å². The number of carbonyl (C=O) groups is 3. The first-order valence-electron chi connectivity index (χ1n) is 9.09. The molecular formula is C22H16ClN3O3S. The van der Waals surface area contributed by atoms with E-state index in [9.17, 15) is 14.4 Å². The number of fused-ring (bicyclic) bond motifs is 1. The molecule has 1 aliphatic carbocycles. The van der Waals surface area contributed by atoms with Crippen molar-refractivity contribution >= 4 is 45.5 Å². The molecule has 0 saturated carbocycles. The van der Waals surface area contributed by atoms with Crippen LogP contribution in [0.4, 0.5) is 5.13 Å². The number of hydrogen-bond acceptors (Lipinski definition) is 6. The van der Waals surface area contributed by atoms with Crippen molar-refractivity contribution < 1.29 is 14.4 Å². The van der Waals surface area contributed by atoms with Gasteiger partial charge in [-0.05, 0) is 24.6 Å². The second kappa shape index (κ2) is 8.22. The molecule has 0 unspecified atom stereocenters. The summed E-state index contributed by atoms with van der Waals surface area (Å²) in [5.41, 5.74) is 2.04. The first kappa shape index (κ1) is 20.0. The number of halogens is 1. The molecular weight excluding hydrogens is 422 g/mol. The zero-order valence-corrected chi connectivity index (χ0v) is 17.4. The van der Waals surface area contributed by atoms with Crippen molar-refractivity contribution in [3.05, 3.63) is 92.6 Å². The second-order valence-corrected chi connectivity index (χ2v) is 8.29. The second-order valence-electron chi connectivity index (χ2n) is 6.67. The lowest BCUT2D eigenvalue weighted by Crippen LogP contribution is -2.28. The van der Waals surface area contributed by atoms with Crippen molar-refractivity contribution in [2.45, 2.75) is 13.5 Å².